The maximum absolute atomic E-state index is 13.9. The van der Waals surface area contributed by atoms with E-state index in [1.54, 1.807) is 41.3 Å². The van der Waals surface area contributed by atoms with Crippen LogP contribution in [0.2, 0.25) is 5.02 Å². The molecule has 3 unspecified atom stereocenters. The summed E-state index contributed by atoms with van der Waals surface area (Å²) < 4.78 is 31.2. The van der Waals surface area contributed by atoms with Crippen LogP contribution in [-0.4, -0.2) is 87.2 Å². The molecule has 16 nitrogen and oxygen atoms in total. The number of carbonyl (C=O) groups is 2. The first-order valence-corrected chi connectivity index (χ1v) is 18.7. The number of aliphatic hydroxyl groups is 2. The van der Waals surface area contributed by atoms with E-state index in [0.717, 1.165) is 0 Å². The topological polar surface area (TPSA) is 211 Å². The molecule has 4 aromatic carbocycles. The molecule has 1 saturated heterocycles. The van der Waals surface area contributed by atoms with Gasteiger partial charge in [-0.25, -0.2) is 14.4 Å². The molecule has 0 saturated carbocycles. The van der Waals surface area contributed by atoms with Crippen molar-refractivity contribution < 1.29 is 43.3 Å². The zero-order valence-electron chi connectivity index (χ0n) is 31.1. The number of amides is 2. The number of hydrogen-bond donors (Lipinski definition) is 5. The van der Waals surface area contributed by atoms with Gasteiger partial charge in [0.25, 0.3) is 11.6 Å². The van der Waals surface area contributed by atoms with Gasteiger partial charge in [0.05, 0.1) is 48.2 Å². The predicted molar refractivity (Wildman–Crippen MR) is 211 cm³/mol. The minimum Gasteiger partial charge on any atom is -0.493 e. The third-order valence-electron chi connectivity index (χ3n) is 9.99. The van der Waals surface area contributed by atoms with Gasteiger partial charge >= 0.3 is 0 Å². The van der Waals surface area contributed by atoms with Gasteiger partial charge in [-0.1, -0.05) is 23.7 Å². The van der Waals surface area contributed by atoms with Gasteiger partial charge in [0, 0.05) is 53.5 Å². The Kier molecular flexibility index (Phi) is 12.2. The molecule has 302 valence electrons. The fourth-order valence-electron chi connectivity index (χ4n) is 7.05. The third-order valence-corrected chi connectivity index (χ3v) is 10.3. The van der Waals surface area contributed by atoms with E-state index in [4.69, 9.17) is 25.8 Å². The molecule has 2 amide bonds. The summed E-state index contributed by atoms with van der Waals surface area (Å²) in [5.74, 6) is 0.101. The van der Waals surface area contributed by atoms with Crippen molar-refractivity contribution in [3.05, 3.63) is 111 Å². The quantitative estimate of drug-likeness (QED) is 0.0511. The van der Waals surface area contributed by atoms with Crippen molar-refractivity contribution in [1.82, 2.24) is 20.2 Å². The number of anilines is 2. The summed E-state index contributed by atoms with van der Waals surface area (Å²) in [5.41, 5.74) is 3.71. The number of methoxy groups -OCH3 is 1. The molecule has 2 aliphatic rings. The molecule has 5 N–H and O–H groups in total. The van der Waals surface area contributed by atoms with Crippen molar-refractivity contribution >= 4 is 51.5 Å². The Labute approximate surface area is 336 Å². The summed E-state index contributed by atoms with van der Waals surface area (Å²) in [5, 5.41) is 41.1. The highest BCUT2D eigenvalue weighted by Crippen LogP contribution is 2.36. The molecule has 0 spiro atoms. The molecule has 3 heterocycles. The highest BCUT2D eigenvalue weighted by atomic mass is 35.5. The number of aliphatic hydroxyl groups excluding tert-OH is 2. The number of nitro groups is 1. The van der Waals surface area contributed by atoms with Crippen molar-refractivity contribution in [2.75, 3.05) is 37.6 Å². The fraction of sp³-hybridized carbons (Fsp3) is 0.300. The Balaban J connectivity index is 0.943. The van der Waals surface area contributed by atoms with E-state index in [9.17, 15) is 34.3 Å². The van der Waals surface area contributed by atoms with Crippen LogP contribution in [-0.2, 0) is 22.6 Å². The number of rotatable bonds is 15. The number of carbonyl (C=O) groups excluding carboxylic acids is 2. The van der Waals surface area contributed by atoms with Gasteiger partial charge in [-0.2, -0.15) is 0 Å². The number of nitrogens with one attached hydrogen (secondary N) is 3. The zero-order valence-corrected chi connectivity index (χ0v) is 31.9. The number of non-ortho nitro benzene ring substituents is 1. The Morgan fingerprint density at radius 3 is 2.67 bits per heavy atom. The summed E-state index contributed by atoms with van der Waals surface area (Å²) in [4.78, 5) is 47.5. The van der Waals surface area contributed by atoms with Crippen molar-refractivity contribution in [1.29, 1.82) is 0 Å². The first-order chi connectivity index (χ1) is 28.0. The molecular weight excluding hydrogens is 777 g/mol. The van der Waals surface area contributed by atoms with Crippen LogP contribution in [0, 0.1) is 15.9 Å². The van der Waals surface area contributed by atoms with Crippen LogP contribution < -0.4 is 25.4 Å². The van der Waals surface area contributed by atoms with E-state index in [0.29, 0.717) is 74.6 Å². The molecule has 0 radical (unpaired) electrons. The first-order valence-electron chi connectivity index (χ1n) is 18.4. The van der Waals surface area contributed by atoms with E-state index >= 15 is 0 Å². The number of benzene rings is 4. The van der Waals surface area contributed by atoms with E-state index in [-0.39, 0.29) is 61.9 Å². The van der Waals surface area contributed by atoms with Gasteiger partial charge in [0.15, 0.2) is 11.5 Å². The largest absolute Gasteiger partial charge is 0.493 e. The molecule has 5 aromatic rings. The van der Waals surface area contributed by atoms with Crippen LogP contribution in [0.3, 0.4) is 0 Å². The zero-order chi connectivity index (χ0) is 40.9. The van der Waals surface area contributed by atoms with Crippen LogP contribution >= 0.6 is 11.6 Å². The van der Waals surface area contributed by atoms with E-state index < -0.39 is 29.2 Å². The lowest BCUT2D eigenvalue weighted by atomic mass is 9.98. The Hall–Kier alpha value is -5.98. The van der Waals surface area contributed by atoms with E-state index in [2.05, 4.69) is 25.9 Å². The molecule has 3 atom stereocenters. The van der Waals surface area contributed by atoms with Gasteiger partial charge in [0.1, 0.15) is 37.0 Å². The number of piperidine rings is 1. The second-order valence-corrected chi connectivity index (χ2v) is 14.0. The maximum Gasteiger partial charge on any atom is 0.270 e. The molecule has 0 aliphatic carbocycles. The molecule has 18 heteroatoms. The highest BCUT2D eigenvalue weighted by Gasteiger charge is 2.40. The van der Waals surface area contributed by atoms with Crippen molar-refractivity contribution in [3.63, 3.8) is 0 Å². The predicted octanol–water partition coefficient (Wildman–Crippen LogP) is 5.39. The Morgan fingerprint density at radius 1 is 1.05 bits per heavy atom. The first kappa shape index (κ1) is 40.2. The molecule has 0 bridgehead atoms. The number of halogens is 2. The summed E-state index contributed by atoms with van der Waals surface area (Å²) >= 11 is 6.04. The number of nitro benzene ring substituents is 1. The number of fused-ring (bicyclic) bond motifs is 2. The summed E-state index contributed by atoms with van der Waals surface area (Å²) in [6.45, 7) is 0.777. The van der Waals surface area contributed by atoms with Crippen molar-refractivity contribution in [3.8, 4) is 22.6 Å². The molecule has 7 rings (SSSR count). The summed E-state index contributed by atoms with van der Waals surface area (Å²) in [7, 11) is 1.50. The van der Waals surface area contributed by atoms with Gasteiger partial charge in [0.2, 0.25) is 5.91 Å². The SMILES string of the molecule is COc1cc2ncnc(NCc3ccc([N+](=O)[O-])cc3-c3ccc(F)c(Cl)c3)c2cc1OCCOCCC(=O)Nc1cccc2c1CN(C1CCC(O)NC1O)C2=O. The molecule has 1 aromatic heterocycles. The van der Waals surface area contributed by atoms with Crippen molar-refractivity contribution in [2.45, 2.75) is 50.8 Å². The standard InChI is InChI=1S/C40H39ClFN7O9/c1-56-34-18-32-27(38(45-21-44-32)43-19-23-5-7-24(49(54)55)16-26(23)22-6-8-30(42)29(41)15-22)17-35(34)58-14-13-57-12-11-37(51)46-31-4-2-3-25-28(31)20-48(40(25)53)33-9-10-36(50)47-39(33)52/h2-8,15-18,21,33,36,39,47,50,52H,9-14,19-20H2,1H3,(H,46,51)(H,43,44,45). The van der Waals surface area contributed by atoms with Gasteiger partial charge in [-0.3, -0.25) is 25.0 Å². The van der Waals surface area contributed by atoms with Crippen LogP contribution in [0.15, 0.2) is 73.1 Å². The fourth-order valence-corrected chi connectivity index (χ4v) is 7.24. The van der Waals surface area contributed by atoms with Gasteiger partial charge < -0.3 is 40.0 Å². The second kappa shape index (κ2) is 17.7. The maximum atomic E-state index is 13.9. The molecule has 1 fully saturated rings. The van der Waals surface area contributed by atoms with E-state index in [1.807, 2.05) is 0 Å². The van der Waals surface area contributed by atoms with E-state index in [1.165, 1.54) is 43.8 Å². The number of hydrogen-bond acceptors (Lipinski definition) is 13. The summed E-state index contributed by atoms with van der Waals surface area (Å²) in [6, 6.07) is 16.5. The number of aromatic nitrogens is 2. The summed E-state index contributed by atoms with van der Waals surface area (Å²) in [6.07, 6.45) is 0.355. The van der Waals surface area contributed by atoms with Gasteiger partial charge in [-0.05, 0) is 65.9 Å². The van der Waals surface area contributed by atoms with Gasteiger partial charge in [-0.15, -0.1) is 0 Å². The monoisotopic (exact) mass is 815 g/mol. The Morgan fingerprint density at radius 2 is 1.90 bits per heavy atom. The molecule has 2 aliphatic heterocycles. The highest BCUT2D eigenvalue weighted by molar-refractivity contribution is 6.31. The van der Waals surface area contributed by atoms with Crippen molar-refractivity contribution in [2.24, 2.45) is 0 Å². The molecular formula is C40H39ClFN7O9. The van der Waals surface area contributed by atoms with Crippen LogP contribution in [0.5, 0.6) is 11.5 Å². The molecule has 58 heavy (non-hydrogen) atoms. The van der Waals surface area contributed by atoms with Crippen LogP contribution in [0.25, 0.3) is 22.0 Å². The number of nitrogens with zero attached hydrogens (tertiary/aromatic N) is 4. The smallest absolute Gasteiger partial charge is 0.270 e. The third kappa shape index (κ3) is 8.78. The lowest BCUT2D eigenvalue weighted by Crippen LogP contribution is -2.56. The normalized spacial score (nSPS) is 17.6. The second-order valence-electron chi connectivity index (χ2n) is 13.6. The lowest BCUT2D eigenvalue weighted by Gasteiger charge is -2.37. The van der Waals surface area contributed by atoms with Crippen LogP contribution in [0.4, 0.5) is 21.6 Å². The minimum absolute atomic E-state index is 0.0425. The average molecular weight is 816 g/mol. The number of ether oxygens (including phenoxy) is 3. The Bertz CT molecular complexity index is 2370. The minimum atomic E-state index is -1.07. The lowest BCUT2D eigenvalue weighted by molar-refractivity contribution is -0.384. The van der Waals surface area contributed by atoms with Crippen LogP contribution in [0.1, 0.15) is 40.7 Å². The average Bonchev–Trinajstić information content (AvgIpc) is 3.55.